The van der Waals surface area contributed by atoms with Crippen molar-refractivity contribution in [2.75, 3.05) is 20.3 Å². The molecule has 1 unspecified atom stereocenters. The molecule has 1 rings (SSSR count). The summed E-state index contributed by atoms with van der Waals surface area (Å²) in [6.07, 6.45) is 7.31. The van der Waals surface area contributed by atoms with Gasteiger partial charge >= 0.3 is 0 Å². The molecule has 3 N–H and O–H groups in total. The number of hydrogen-bond acceptors (Lipinski definition) is 2. The lowest BCUT2D eigenvalue weighted by molar-refractivity contribution is 0.174. The van der Waals surface area contributed by atoms with Crippen LogP contribution in [0.25, 0.3) is 0 Å². The first kappa shape index (κ1) is 21.0. The van der Waals surface area contributed by atoms with Crippen molar-refractivity contribution in [2.24, 2.45) is 22.1 Å². The molecule has 1 aliphatic carbocycles. The third-order valence-electron chi connectivity index (χ3n) is 4.19. The van der Waals surface area contributed by atoms with E-state index in [4.69, 9.17) is 10.5 Å². The second-order valence-electron chi connectivity index (χ2n) is 6.81. The number of nitrogens with two attached hydrogens (primary N) is 1. The Morgan fingerprint density at radius 2 is 1.95 bits per heavy atom. The van der Waals surface area contributed by atoms with E-state index in [0.717, 1.165) is 31.9 Å². The highest BCUT2D eigenvalue weighted by molar-refractivity contribution is 14.0. The summed E-state index contributed by atoms with van der Waals surface area (Å²) in [4.78, 5) is 4.52. The van der Waals surface area contributed by atoms with Gasteiger partial charge in [-0.2, -0.15) is 0 Å². The molecule has 0 radical (unpaired) electrons. The van der Waals surface area contributed by atoms with Gasteiger partial charge in [-0.05, 0) is 43.9 Å². The van der Waals surface area contributed by atoms with Crippen molar-refractivity contribution < 1.29 is 4.74 Å². The maximum Gasteiger partial charge on any atom is 0.188 e. The standard InChI is InChI=1S/C16H33N3O.HI/c1-13(2)6-5-7-14(3)19-15(17)18-12-16(8-9-16)10-11-20-4;/h13-14H,5-12H2,1-4H3,(H3,17,18,19);1H. The third kappa shape index (κ3) is 9.55. The number of hydrogen-bond donors (Lipinski definition) is 2. The van der Waals surface area contributed by atoms with Crippen LogP contribution >= 0.6 is 24.0 Å². The Bertz CT molecular complexity index is 304. The van der Waals surface area contributed by atoms with Crippen LogP contribution in [0.5, 0.6) is 0 Å². The van der Waals surface area contributed by atoms with Crippen LogP contribution < -0.4 is 11.1 Å². The molecule has 126 valence electrons. The molecule has 1 saturated carbocycles. The molecule has 0 aliphatic heterocycles. The summed E-state index contributed by atoms with van der Waals surface area (Å²) in [7, 11) is 1.76. The van der Waals surface area contributed by atoms with Gasteiger partial charge in [-0.3, -0.25) is 4.99 Å². The molecule has 1 atom stereocenters. The van der Waals surface area contributed by atoms with Gasteiger partial charge < -0.3 is 15.8 Å². The van der Waals surface area contributed by atoms with E-state index >= 15 is 0 Å². The van der Waals surface area contributed by atoms with Crippen LogP contribution in [-0.4, -0.2) is 32.3 Å². The van der Waals surface area contributed by atoms with Crippen LogP contribution in [0.2, 0.25) is 0 Å². The number of rotatable bonds is 10. The van der Waals surface area contributed by atoms with Gasteiger partial charge in [0.1, 0.15) is 0 Å². The van der Waals surface area contributed by atoms with Crippen molar-refractivity contribution in [3.8, 4) is 0 Å². The Morgan fingerprint density at radius 1 is 1.29 bits per heavy atom. The molecule has 0 spiro atoms. The smallest absolute Gasteiger partial charge is 0.188 e. The van der Waals surface area contributed by atoms with E-state index < -0.39 is 0 Å². The van der Waals surface area contributed by atoms with Crippen LogP contribution in [0.3, 0.4) is 0 Å². The number of nitrogens with one attached hydrogen (secondary N) is 1. The monoisotopic (exact) mass is 411 g/mol. The molecule has 0 heterocycles. The number of aliphatic imine (C=N–C) groups is 1. The van der Waals surface area contributed by atoms with Crippen molar-refractivity contribution >= 4 is 29.9 Å². The fourth-order valence-corrected chi connectivity index (χ4v) is 2.44. The van der Waals surface area contributed by atoms with Crippen LogP contribution in [0.1, 0.15) is 59.3 Å². The Morgan fingerprint density at radius 3 is 2.48 bits per heavy atom. The van der Waals surface area contributed by atoms with Crippen LogP contribution in [0.4, 0.5) is 0 Å². The first-order chi connectivity index (χ1) is 9.47. The topological polar surface area (TPSA) is 59.6 Å². The first-order valence-corrected chi connectivity index (χ1v) is 8.03. The van der Waals surface area contributed by atoms with E-state index in [1.165, 1.54) is 25.7 Å². The zero-order valence-electron chi connectivity index (χ0n) is 14.2. The summed E-state index contributed by atoms with van der Waals surface area (Å²) < 4.78 is 5.16. The van der Waals surface area contributed by atoms with Crippen LogP contribution in [0.15, 0.2) is 4.99 Å². The Balaban J connectivity index is 0.00000400. The van der Waals surface area contributed by atoms with E-state index in [2.05, 4.69) is 31.1 Å². The zero-order valence-corrected chi connectivity index (χ0v) is 16.5. The van der Waals surface area contributed by atoms with E-state index in [9.17, 15) is 0 Å². The largest absolute Gasteiger partial charge is 0.385 e. The molecule has 1 aliphatic rings. The first-order valence-electron chi connectivity index (χ1n) is 8.03. The Kier molecular flexibility index (Phi) is 10.6. The van der Waals surface area contributed by atoms with Gasteiger partial charge in [-0.25, -0.2) is 0 Å². The minimum atomic E-state index is 0. The van der Waals surface area contributed by atoms with Gasteiger partial charge in [-0.1, -0.05) is 26.7 Å². The minimum Gasteiger partial charge on any atom is -0.385 e. The summed E-state index contributed by atoms with van der Waals surface area (Å²) >= 11 is 0. The normalized spacial score (nSPS) is 18.2. The number of halogens is 1. The maximum atomic E-state index is 5.98. The number of methoxy groups -OCH3 is 1. The van der Waals surface area contributed by atoms with E-state index in [-0.39, 0.29) is 24.0 Å². The third-order valence-corrected chi connectivity index (χ3v) is 4.19. The number of nitrogens with zero attached hydrogens (tertiary/aromatic N) is 1. The molecule has 0 aromatic carbocycles. The quantitative estimate of drug-likeness (QED) is 0.329. The van der Waals surface area contributed by atoms with Crippen LogP contribution in [-0.2, 0) is 4.74 Å². The van der Waals surface area contributed by atoms with Crippen molar-refractivity contribution in [3.05, 3.63) is 0 Å². The van der Waals surface area contributed by atoms with E-state index in [1.54, 1.807) is 7.11 Å². The number of ether oxygens (including phenoxy) is 1. The molecule has 21 heavy (non-hydrogen) atoms. The molecule has 1 fully saturated rings. The summed E-state index contributed by atoms with van der Waals surface area (Å²) in [6.45, 7) is 8.38. The fourth-order valence-electron chi connectivity index (χ4n) is 2.44. The molecule has 5 heteroatoms. The second kappa shape index (κ2) is 10.6. The van der Waals surface area contributed by atoms with E-state index in [0.29, 0.717) is 17.4 Å². The zero-order chi connectivity index (χ0) is 15.0. The molecule has 4 nitrogen and oxygen atoms in total. The van der Waals surface area contributed by atoms with Crippen molar-refractivity contribution in [3.63, 3.8) is 0 Å². The highest BCUT2D eigenvalue weighted by atomic mass is 127. The van der Waals surface area contributed by atoms with Gasteiger partial charge in [0, 0.05) is 26.3 Å². The Labute approximate surface area is 147 Å². The van der Waals surface area contributed by atoms with Gasteiger partial charge in [0.2, 0.25) is 0 Å². The number of guanidine groups is 1. The lowest BCUT2D eigenvalue weighted by Gasteiger charge is -2.16. The van der Waals surface area contributed by atoms with Gasteiger partial charge in [0.15, 0.2) is 5.96 Å². The lowest BCUT2D eigenvalue weighted by Crippen LogP contribution is -2.38. The second-order valence-corrected chi connectivity index (χ2v) is 6.81. The highest BCUT2D eigenvalue weighted by Crippen LogP contribution is 2.48. The van der Waals surface area contributed by atoms with Gasteiger partial charge in [0.05, 0.1) is 0 Å². The molecule has 0 saturated heterocycles. The summed E-state index contributed by atoms with van der Waals surface area (Å²) in [5.41, 5.74) is 6.36. The minimum absolute atomic E-state index is 0. The lowest BCUT2D eigenvalue weighted by atomic mass is 10.0. The van der Waals surface area contributed by atoms with Crippen LogP contribution in [0, 0.1) is 11.3 Å². The molecular formula is C16H34IN3O. The highest BCUT2D eigenvalue weighted by Gasteiger charge is 2.41. The van der Waals surface area contributed by atoms with Gasteiger partial charge in [0.25, 0.3) is 0 Å². The van der Waals surface area contributed by atoms with Crippen molar-refractivity contribution in [2.45, 2.75) is 65.3 Å². The predicted molar refractivity (Wildman–Crippen MR) is 101 cm³/mol. The molecule has 0 amide bonds. The predicted octanol–water partition coefficient (Wildman–Crippen LogP) is 3.54. The Hall–Kier alpha value is -0.0400. The maximum absolute atomic E-state index is 5.98. The summed E-state index contributed by atoms with van der Waals surface area (Å²) in [5.74, 6) is 1.38. The summed E-state index contributed by atoms with van der Waals surface area (Å²) in [5, 5.41) is 3.31. The molecular weight excluding hydrogens is 377 g/mol. The molecule has 0 aromatic rings. The average Bonchev–Trinajstić information content (AvgIpc) is 3.14. The molecule has 0 aromatic heterocycles. The van der Waals surface area contributed by atoms with E-state index in [1.807, 2.05) is 0 Å². The SMILES string of the molecule is COCCC1(CN=C(N)NC(C)CCCC(C)C)CC1.I. The van der Waals surface area contributed by atoms with Gasteiger partial charge in [-0.15, -0.1) is 24.0 Å². The summed E-state index contributed by atoms with van der Waals surface area (Å²) in [6, 6.07) is 0.409. The van der Waals surface area contributed by atoms with Crippen molar-refractivity contribution in [1.29, 1.82) is 0 Å². The van der Waals surface area contributed by atoms with Crippen molar-refractivity contribution in [1.82, 2.24) is 5.32 Å². The fraction of sp³-hybridized carbons (Fsp3) is 0.938. The average molecular weight is 411 g/mol. The molecule has 0 bridgehead atoms.